The van der Waals surface area contributed by atoms with Gasteiger partial charge in [0.15, 0.2) is 0 Å². The molecule has 0 bridgehead atoms. The van der Waals surface area contributed by atoms with Crippen molar-refractivity contribution in [2.24, 2.45) is 0 Å². The second-order valence-electron chi connectivity index (χ2n) is 7.56. The minimum Gasteiger partial charge on any atom is -0.377 e. The first-order valence-electron chi connectivity index (χ1n) is 9.48. The van der Waals surface area contributed by atoms with Crippen LogP contribution in [-0.4, -0.2) is 46.0 Å². The molecule has 1 saturated heterocycles. The second-order valence-corrected chi connectivity index (χ2v) is 9.34. The number of hydrogen-bond donors (Lipinski definition) is 2. The molecule has 1 aromatic rings. The molecule has 2 N–H and O–H groups in total. The number of sulfonamides is 1. The van der Waals surface area contributed by atoms with Crippen LogP contribution in [-0.2, 0) is 14.8 Å². The van der Waals surface area contributed by atoms with Crippen molar-refractivity contribution >= 4 is 10.0 Å². The topological polar surface area (TPSA) is 67.4 Å². The summed E-state index contributed by atoms with van der Waals surface area (Å²) >= 11 is 0. The van der Waals surface area contributed by atoms with E-state index in [1.54, 1.807) is 12.1 Å². The van der Waals surface area contributed by atoms with Crippen LogP contribution in [0.15, 0.2) is 24.3 Å². The highest BCUT2D eigenvalue weighted by Gasteiger charge is 2.29. The summed E-state index contributed by atoms with van der Waals surface area (Å²) in [6, 6.07) is 6.80. The Labute approximate surface area is 155 Å². The second kappa shape index (κ2) is 8.78. The monoisotopic (exact) mass is 384 g/mol. The van der Waals surface area contributed by atoms with Crippen LogP contribution in [0.25, 0.3) is 0 Å². The molecule has 1 aliphatic carbocycles. The molecule has 2 fully saturated rings. The quantitative estimate of drug-likeness (QED) is 0.791. The van der Waals surface area contributed by atoms with Crippen LogP contribution >= 0.6 is 0 Å². The van der Waals surface area contributed by atoms with E-state index in [0.29, 0.717) is 12.5 Å². The molecule has 2 atom stereocenters. The van der Waals surface area contributed by atoms with Crippen molar-refractivity contribution < 1.29 is 17.5 Å². The van der Waals surface area contributed by atoms with E-state index in [4.69, 9.17) is 4.74 Å². The molecule has 0 radical (unpaired) electrons. The van der Waals surface area contributed by atoms with Gasteiger partial charge in [-0.3, -0.25) is 0 Å². The Hall–Kier alpha value is -1.02. The zero-order valence-electron chi connectivity index (χ0n) is 15.3. The van der Waals surface area contributed by atoms with Crippen molar-refractivity contribution in [1.82, 2.24) is 10.0 Å². The predicted molar refractivity (Wildman–Crippen MR) is 100 cm³/mol. The lowest BCUT2D eigenvalue weighted by atomic mass is 9.82. The molecule has 1 saturated carbocycles. The zero-order chi connectivity index (χ0) is 18.6. The molecule has 1 aliphatic heterocycles. The largest absolute Gasteiger partial charge is 0.377 e. The molecular formula is C19H29FN2O3S. The SMILES string of the molecule is CS(=O)(=O)N[C@H]1CCCN[C@H]1COC1CCC(c2cccc(F)c2)CC1. The van der Waals surface area contributed by atoms with Crippen molar-refractivity contribution in [3.8, 4) is 0 Å². The molecule has 0 spiro atoms. The fourth-order valence-electron chi connectivity index (χ4n) is 4.11. The van der Waals surface area contributed by atoms with Crippen LogP contribution in [0.2, 0.25) is 0 Å². The lowest BCUT2D eigenvalue weighted by molar-refractivity contribution is 0.00523. The van der Waals surface area contributed by atoms with Crippen LogP contribution in [0.3, 0.4) is 0 Å². The Balaban J connectivity index is 1.47. The highest BCUT2D eigenvalue weighted by molar-refractivity contribution is 7.88. The minimum atomic E-state index is -3.22. The lowest BCUT2D eigenvalue weighted by Gasteiger charge is -2.35. The first kappa shape index (κ1) is 19.7. The van der Waals surface area contributed by atoms with E-state index in [9.17, 15) is 12.8 Å². The number of piperidine rings is 1. The summed E-state index contributed by atoms with van der Waals surface area (Å²) in [5.41, 5.74) is 1.08. The van der Waals surface area contributed by atoms with E-state index in [2.05, 4.69) is 10.0 Å². The van der Waals surface area contributed by atoms with Gasteiger partial charge in [-0.25, -0.2) is 17.5 Å². The molecule has 1 heterocycles. The summed E-state index contributed by atoms with van der Waals surface area (Å²) in [7, 11) is -3.22. The minimum absolute atomic E-state index is 0.0133. The number of benzene rings is 1. The van der Waals surface area contributed by atoms with Crippen LogP contribution in [0, 0.1) is 5.82 Å². The van der Waals surface area contributed by atoms with Crippen molar-refractivity contribution in [3.05, 3.63) is 35.6 Å². The van der Waals surface area contributed by atoms with Crippen molar-refractivity contribution in [3.63, 3.8) is 0 Å². The van der Waals surface area contributed by atoms with Gasteiger partial charge in [0, 0.05) is 12.1 Å². The Kier molecular flexibility index (Phi) is 6.66. The lowest BCUT2D eigenvalue weighted by Crippen LogP contribution is -2.55. The zero-order valence-corrected chi connectivity index (χ0v) is 16.1. The Morgan fingerprint density at radius 1 is 1.23 bits per heavy atom. The molecule has 7 heteroatoms. The molecule has 0 unspecified atom stereocenters. The number of halogens is 1. The van der Waals surface area contributed by atoms with E-state index < -0.39 is 10.0 Å². The van der Waals surface area contributed by atoms with Crippen LogP contribution in [0.5, 0.6) is 0 Å². The molecule has 0 amide bonds. The summed E-state index contributed by atoms with van der Waals surface area (Å²) < 4.78 is 45.3. The van der Waals surface area contributed by atoms with Crippen molar-refractivity contribution in [2.75, 3.05) is 19.4 Å². The molecule has 2 aliphatic rings. The molecule has 1 aromatic carbocycles. The van der Waals surface area contributed by atoms with Gasteiger partial charge < -0.3 is 10.1 Å². The van der Waals surface area contributed by atoms with Gasteiger partial charge in [-0.05, 0) is 68.7 Å². The number of rotatable bonds is 6. The Bertz CT molecular complexity index is 690. The average molecular weight is 385 g/mol. The smallest absolute Gasteiger partial charge is 0.209 e. The van der Waals surface area contributed by atoms with Crippen LogP contribution in [0.1, 0.15) is 50.0 Å². The maximum Gasteiger partial charge on any atom is 0.209 e. The first-order valence-corrected chi connectivity index (χ1v) is 11.4. The number of hydrogen-bond acceptors (Lipinski definition) is 4. The van der Waals surface area contributed by atoms with Gasteiger partial charge in [0.05, 0.1) is 19.0 Å². The summed E-state index contributed by atoms with van der Waals surface area (Å²) in [5.74, 6) is 0.228. The maximum atomic E-state index is 13.4. The summed E-state index contributed by atoms with van der Waals surface area (Å²) in [4.78, 5) is 0. The standard InChI is InChI=1S/C19H29FN2O3S/c1-26(23,24)22-18-6-3-11-21-19(18)13-25-17-9-7-14(8-10-17)15-4-2-5-16(20)12-15/h2,4-5,12,14,17-19,21-22H,3,6-11,13H2,1H3/t14?,17?,18-,19-/m0/s1. The van der Waals surface area contributed by atoms with Gasteiger partial charge in [-0.1, -0.05) is 12.1 Å². The third kappa shape index (κ3) is 5.74. The van der Waals surface area contributed by atoms with Crippen molar-refractivity contribution in [2.45, 2.75) is 62.6 Å². The summed E-state index contributed by atoms with van der Waals surface area (Å²) in [6.07, 6.45) is 7.10. The molecule has 5 nitrogen and oxygen atoms in total. The van der Waals surface area contributed by atoms with Gasteiger partial charge in [0.1, 0.15) is 5.82 Å². The Morgan fingerprint density at radius 2 is 2.00 bits per heavy atom. The third-order valence-corrected chi connectivity index (χ3v) is 6.19. The van der Waals surface area contributed by atoms with E-state index in [1.807, 2.05) is 6.07 Å². The van der Waals surface area contributed by atoms with Crippen LogP contribution < -0.4 is 10.0 Å². The van der Waals surface area contributed by atoms with Gasteiger partial charge in [-0.2, -0.15) is 0 Å². The van der Waals surface area contributed by atoms with Crippen molar-refractivity contribution in [1.29, 1.82) is 0 Å². The van der Waals surface area contributed by atoms with E-state index in [1.165, 1.54) is 12.3 Å². The van der Waals surface area contributed by atoms with E-state index in [0.717, 1.165) is 50.6 Å². The molecule has 0 aromatic heterocycles. The van der Waals surface area contributed by atoms with Gasteiger partial charge in [0.2, 0.25) is 10.0 Å². The Morgan fingerprint density at radius 3 is 2.69 bits per heavy atom. The third-order valence-electron chi connectivity index (χ3n) is 5.46. The molecular weight excluding hydrogens is 355 g/mol. The van der Waals surface area contributed by atoms with Gasteiger partial charge in [0.25, 0.3) is 0 Å². The maximum absolute atomic E-state index is 13.4. The van der Waals surface area contributed by atoms with Gasteiger partial charge >= 0.3 is 0 Å². The molecule has 3 rings (SSSR count). The molecule has 146 valence electrons. The summed E-state index contributed by atoms with van der Waals surface area (Å²) in [5, 5.41) is 3.38. The fraction of sp³-hybridized carbons (Fsp3) is 0.684. The number of nitrogens with one attached hydrogen (secondary N) is 2. The van der Waals surface area contributed by atoms with Gasteiger partial charge in [-0.15, -0.1) is 0 Å². The van der Waals surface area contributed by atoms with Crippen LogP contribution in [0.4, 0.5) is 4.39 Å². The van der Waals surface area contributed by atoms with E-state index in [-0.39, 0.29) is 24.0 Å². The normalized spacial score (nSPS) is 30.2. The number of ether oxygens (including phenoxy) is 1. The first-order chi connectivity index (χ1) is 12.4. The fourth-order valence-corrected chi connectivity index (χ4v) is 4.94. The predicted octanol–water partition coefficient (Wildman–Crippen LogP) is 2.54. The molecule has 26 heavy (non-hydrogen) atoms. The summed E-state index contributed by atoms with van der Waals surface area (Å²) in [6.45, 7) is 1.41. The highest BCUT2D eigenvalue weighted by Crippen LogP contribution is 2.34. The average Bonchev–Trinajstić information content (AvgIpc) is 2.60. The highest BCUT2D eigenvalue weighted by atomic mass is 32.2. The van der Waals surface area contributed by atoms with E-state index >= 15 is 0 Å².